The van der Waals surface area contributed by atoms with Crippen molar-refractivity contribution in [3.63, 3.8) is 0 Å². The Bertz CT molecular complexity index is 651. The number of aromatic nitrogens is 3. The highest BCUT2D eigenvalue weighted by Gasteiger charge is 2.13. The number of hydrogen-bond acceptors (Lipinski definition) is 5. The molecule has 9 heteroatoms. The molecule has 0 fully saturated rings. The molecular formula is C12H14BrN5O3. The summed E-state index contributed by atoms with van der Waals surface area (Å²) in [6.07, 6.45) is 4.88. The van der Waals surface area contributed by atoms with Crippen LogP contribution in [0.3, 0.4) is 0 Å². The van der Waals surface area contributed by atoms with Crippen molar-refractivity contribution in [2.24, 2.45) is 5.73 Å². The predicted octanol–water partition coefficient (Wildman–Crippen LogP) is 1.000. The zero-order valence-corrected chi connectivity index (χ0v) is 12.8. The number of carbonyl (C=O) groups is 2. The molecule has 0 saturated carbocycles. The van der Waals surface area contributed by atoms with E-state index in [1.807, 2.05) is 6.92 Å². The maximum absolute atomic E-state index is 11.8. The van der Waals surface area contributed by atoms with Gasteiger partial charge in [0.15, 0.2) is 5.69 Å². The summed E-state index contributed by atoms with van der Waals surface area (Å²) in [6.45, 7) is 1.98. The number of nitrogens with one attached hydrogen (secondary N) is 1. The van der Waals surface area contributed by atoms with Crippen molar-refractivity contribution in [1.29, 1.82) is 0 Å². The molecule has 0 aliphatic heterocycles. The molecule has 0 spiro atoms. The smallest absolute Gasteiger partial charge is 0.270 e. The van der Waals surface area contributed by atoms with Crippen LogP contribution in [0.2, 0.25) is 0 Å². The Balaban J connectivity index is 1.82. The summed E-state index contributed by atoms with van der Waals surface area (Å²) >= 11 is 3.30. The van der Waals surface area contributed by atoms with Crippen molar-refractivity contribution in [2.45, 2.75) is 25.9 Å². The van der Waals surface area contributed by atoms with Crippen LogP contribution < -0.4 is 11.1 Å². The van der Waals surface area contributed by atoms with Crippen LogP contribution in [-0.4, -0.2) is 26.6 Å². The molecule has 2 rings (SSSR count). The molecule has 0 saturated heterocycles. The fraction of sp³-hybridized carbons (Fsp3) is 0.333. The quantitative estimate of drug-likeness (QED) is 0.801. The molecule has 0 aliphatic carbocycles. The van der Waals surface area contributed by atoms with Gasteiger partial charge in [-0.1, -0.05) is 0 Å². The van der Waals surface area contributed by atoms with Crippen LogP contribution in [-0.2, 0) is 11.3 Å². The number of oxazole rings is 1. The van der Waals surface area contributed by atoms with Gasteiger partial charge in [0, 0.05) is 12.6 Å². The van der Waals surface area contributed by atoms with Crippen molar-refractivity contribution < 1.29 is 14.0 Å². The Labute approximate surface area is 128 Å². The zero-order valence-electron chi connectivity index (χ0n) is 11.2. The van der Waals surface area contributed by atoms with Crippen molar-refractivity contribution in [2.75, 3.05) is 0 Å². The summed E-state index contributed by atoms with van der Waals surface area (Å²) < 4.78 is 7.57. The molecule has 0 aliphatic rings. The van der Waals surface area contributed by atoms with Crippen molar-refractivity contribution in [3.05, 3.63) is 34.7 Å². The van der Waals surface area contributed by atoms with Gasteiger partial charge < -0.3 is 15.5 Å². The maximum Gasteiger partial charge on any atom is 0.270 e. The minimum Gasteiger partial charge on any atom is -0.446 e. The molecule has 1 unspecified atom stereocenters. The molecule has 0 bridgehead atoms. The van der Waals surface area contributed by atoms with Gasteiger partial charge in [0.25, 0.3) is 5.91 Å². The highest BCUT2D eigenvalue weighted by molar-refractivity contribution is 9.10. The zero-order chi connectivity index (χ0) is 15.4. The monoisotopic (exact) mass is 355 g/mol. The van der Waals surface area contributed by atoms with Gasteiger partial charge in [-0.3, -0.25) is 14.3 Å². The topological polar surface area (TPSA) is 116 Å². The first-order chi connectivity index (χ1) is 9.95. The standard InChI is InChI=1S/C12H14BrN5O3/c1-7(18-5-8(13)3-16-18)2-10(19)15-4-11-17-9(6-21-11)12(14)20/h3,5-7H,2,4H2,1H3,(H2,14,20)(H,15,19). The van der Waals surface area contributed by atoms with Crippen LogP contribution in [0.1, 0.15) is 35.8 Å². The van der Waals surface area contributed by atoms with Gasteiger partial charge in [0.1, 0.15) is 6.26 Å². The van der Waals surface area contributed by atoms with E-state index in [4.69, 9.17) is 10.2 Å². The lowest BCUT2D eigenvalue weighted by atomic mass is 10.2. The Morgan fingerprint density at radius 1 is 1.57 bits per heavy atom. The number of halogens is 1. The fourth-order valence-corrected chi connectivity index (χ4v) is 1.97. The van der Waals surface area contributed by atoms with Gasteiger partial charge in [-0.2, -0.15) is 5.10 Å². The molecule has 2 amide bonds. The number of amides is 2. The Kier molecular flexibility index (Phi) is 4.73. The first-order valence-electron chi connectivity index (χ1n) is 6.16. The second-order valence-electron chi connectivity index (χ2n) is 4.46. The van der Waals surface area contributed by atoms with E-state index >= 15 is 0 Å². The van der Waals surface area contributed by atoms with Crippen LogP contribution in [0, 0.1) is 0 Å². The van der Waals surface area contributed by atoms with Crippen molar-refractivity contribution in [3.8, 4) is 0 Å². The molecule has 112 valence electrons. The molecule has 21 heavy (non-hydrogen) atoms. The summed E-state index contributed by atoms with van der Waals surface area (Å²) in [5, 5.41) is 6.78. The summed E-state index contributed by atoms with van der Waals surface area (Å²) in [5.74, 6) is -0.617. The van der Waals surface area contributed by atoms with Crippen LogP contribution >= 0.6 is 15.9 Å². The number of nitrogens with two attached hydrogens (primary N) is 1. The van der Waals surface area contributed by atoms with Gasteiger partial charge in [0.05, 0.1) is 23.3 Å². The third-order valence-electron chi connectivity index (χ3n) is 2.74. The fourth-order valence-electron chi connectivity index (χ4n) is 1.67. The van der Waals surface area contributed by atoms with Gasteiger partial charge in [-0.05, 0) is 22.9 Å². The number of carbonyl (C=O) groups excluding carboxylic acids is 2. The van der Waals surface area contributed by atoms with Crippen molar-refractivity contribution >= 4 is 27.7 Å². The average Bonchev–Trinajstić information content (AvgIpc) is 3.05. The molecule has 2 heterocycles. The third-order valence-corrected chi connectivity index (χ3v) is 3.15. The maximum atomic E-state index is 11.8. The van der Waals surface area contributed by atoms with E-state index in [1.165, 1.54) is 0 Å². The van der Waals surface area contributed by atoms with Crippen LogP contribution in [0.25, 0.3) is 0 Å². The second kappa shape index (κ2) is 6.53. The van der Waals surface area contributed by atoms with E-state index in [2.05, 4.69) is 31.3 Å². The van der Waals surface area contributed by atoms with Gasteiger partial charge in [-0.25, -0.2) is 4.98 Å². The number of primary amides is 1. The molecular weight excluding hydrogens is 342 g/mol. The molecule has 8 nitrogen and oxygen atoms in total. The highest BCUT2D eigenvalue weighted by atomic mass is 79.9. The van der Waals surface area contributed by atoms with Crippen molar-refractivity contribution in [1.82, 2.24) is 20.1 Å². The first-order valence-corrected chi connectivity index (χ1v) is 6.95. The van der Waals surface area contributed by atoms with Gasteiger partial charge >= 0.3 is 0 Å². The summed E-state index contributed by atoms with van der Waals surface area (Å²) in [7, 11) is 0. The number of hydrogen-bond donors (Lipinski definition) is 2. The van der Waals surface area contributed by atoms with Crippen LogP contribution in [0.15, 0.2) is 27.5 Å². The minimum atomic E-state index is -0.672. The minimum absolute atomic E-state index is 0.0361. The van der Waals surface area contributed by atoms with Crippen LogP contribution in [0.5, 0.6) is 0 Å². The van der Waals surface area contributed by atoms with Gasteiger partial charge in [0.2, 0.25) is 11.8 Å². The molecule has 0 radical (unpaired) electrons. The predicted molar refractivity (Wildman–Crippen MR) is 76.1 cm³/mol. The molecule has 0 aromatic carbocycles. The lowest BCUT2D eigenvalue weighted by Gasteiger charge is -2.11. The highest BCUT2D eigenvalue weighted by Crippen LogP contribution is 2.14. The van der Waals surface area contributed by atoms with E-state index in [1.54, 1.807) is 17.1 Å². The lowest BCUT2D eigenvalue weighted by molar-refractivity contribution is -0.122. The van der Waals surface area contributed by atoms with E-state index in [0.717, 1.165) is 10.7 Å². The largest absolute Gasteiger partial charge is 0.446 e. The van der Waals surface area contributed by atoms with E-state index < -0.39 is 5.91 Å². The van der Waals surface area contributed by atoms with E-state index in [0.29, 0.717) is 0 Å². The Morgan fingerprint density at radius 3 is 2.90 bits per heavy atom. The summed E-state index contributed by atoms with van der Waals surface area (Å²) in [4.78, 5) is 26.5. The first kappa shape index (κ1) is 15.2. The van der Waals surface area contributed by atoms with Gasteiger partial charge in [-0.15, -0.1) is 0 Å². The summed E-state index contributed by atoms with van der Waals surface area (Å²) in [6, 6.07) is -0.0814. The normalized spacial score (nSPS) is 12.1. The van der Waals surface area contributed by atoms with E-state index in [9.17, 15) is 9.59 Å². The van der Waals surface area contributed by atoms with E-state index in [-0.39, 0.29) is 36.5 Å². The second-order valence-corrected chi connectivity index (χ2v) is 5.37. The molecule has 2 aromatic rings. The molecule has 3 N–H and O–H groups in total. The SMILES string of the molecule is CC(CC(=O)NCc1nc(C(N)=O)co1)n1cc(Br)cn1. The molecule has 2 aromatic heterocycles. The number of nitrogens with zero attached hydrogens (tertiary/aromatic N) is 3. The number of rotatable bonds is 6. The van der Waals surface area contributed by atoms with Crippen LogP contribution in [0.4, 0.5) is 0 Å². The summed E-state index contributed by atoms with van der Waals surface area (Å²) in [5.41, 5.74) is 5.09. The lowest BCUT2D eigenvalue weighted by Crippen LogP contribution is -2.25. The Morgan fingerprint density at radius 2 is 2.33 bits per heavy atom. The molecule has 1 atom stereocenters. The average molecular weight is 356 g/mol. The Hall–Kier alpha value is -2.16. The third kappa shape index (κ3) is 4.15.